The fraction of sp³-hybridized carbons (Fsp3) is 0.625. The minimum Gasteiger partial charge on any atom is -0.497 e. The molecule has 3 heteroatoms. The Bertz CT molecular complexity index is 367. The SMILES string of the molecule is COc1ccc(CN(C)CCC(N)C(C)(C)C)cc1. The van der Waals surface area contributed by atoms with E-state index in [-0.39, 0.29) is 11.5 Å². The van der Waals surface area contributed by atoms with Crippen molar-refractivity contribution in [2.45, 2.75) is 39.8 Å². The molecule has 0 aliphatic rings. The highest BCUT2D eigenvalue weighted by molar-refractivity contribution is 5.26. The van der Waals surface area contributed by atoms with Crippen LogP contribution < -0.4 is 10.5 Å². The number of nitrogens with two attached hydrogens (primary N) is 1. The van der Waals surface area contributed by atoms with Crippen molar-refractivity contribution in [1.82, 2.24) is 4.90 Å². The molecule has 0 aliphatic carbocycles. The van der Waals surface area contributed by atoms with Crippen LogP contribution in [-0.2, 0) is 6.54 Å². The van der Waals surface area contributed by atoms with Crippen molar-refractivity contribution in [2.75, 3.05) is 20.7 Å². The van der Waals surface area contributed by atoms with Gasteiger partial charge in [-0.15, -0.1) is 0 Å². The van der Waals surface area contributed by atoms with Gasteiger partial charge in [0.2, 0.25) is 0 Å². The molecule has 1 aromatic carbocycles. The zero-order chi connectivity index (χ0) is 14.5. The molecule has 0 bridgehead atoms. The van der Waals surface area contributed by atoms with Gasteiger partial charge in [-0.05, 0) is 43.1 Å². The Morgan fingerprint density at radius 2 is 1.79 bits per heavy atom. The molecule has 0 fully saturated rings. The molecule has 0 saturated heterocycles. The molecule has 1 rings (SSSR count). The lowest BCUT2D eigenvalue weighted by molar-refractivity contribution is 0.251. The molecule has 0 amide bonds. The van der Waals surface area contributed by atoms with Crippen LogP contribution in [0.5, 0.6) is 5.75 Å². The second-order valence-corrected chi connectivity index (χ2v) is 6.35. The molecular formula is C16H28N2O. The Labute approximate surface area is 117 Å². The number of ether oxygens (including phenoxy) is 1. The molecule has 2 N–H and O–H groups in total. The van der Waals surface area contributed by atoms with Crippen LogP contribution >= 0.6 is 0 Å². The van der Waals surface area contributed by atoms with E-state index in [0.717, 1.165) is 25.3 Å². The van der Waals surface area contributed by atoms with Crippen LogP contribution in [0.1, 0.15) is 32.8 Å². The zero-order valence-corrected chi connectivity index (χ0v) is 12.9. The Hall–Kier alpha value is -1.06. The van der Waals surface area contributed by atoms with E-state index in [1.807, 2.05) is 12.1 Å². The van der Waals surface area contributed by atoms with Gasteiger partial charge in [0.05, 0.1) is 7.11 Å². The minimum atomic E-state index is 0.182. The minimum absolute atomic E-state index is 0.182. The van der Waals surface area contributed by atoms with Crippen molar-refractivity contribution in [2.24, 2.45) is 11.1 Å². The summed E-state index contributed by atoms with van der Waals surface area (Å²) in [5.74, 6) is 0.904. The maximum atomic E-state index is 6.19. The normalized spacial score (nSPS) is 13.6. The van der Waals surface area contributed by atoms with E-state index in [1.54, 1.807) is 7.11 Å². The van der Waals surface area contributed by atoms with E-state index in [4.69, 9.17) is 10.5 Å². The summed E-state index contributed by atoms with van der Waals surface area (Å²) in [4.78, 5) is 2.31. The maximum Gasteiger partial charge on any atom is 0.118 e. The molecule has 0 aromatic heterocycles. The summed E-state index contributed by atoms with van der Waals surface area (Å²) in [6.07, 6.45) is 1.02. The van der Waals surface area contributed by atoms with Gasteiger partial charge in [0.15, 0.2) is 0 Å². The molecule has 3 nitrogen and oxygen atoms in total. The van der Waals surface area contributed by atoms with E-state index in [9.17, 15) is 0 Å². The number of nitrogens with zero attached hydrogens (tertiary/aromatic N) is 1. The second kappa shape index (κ2) is 6.92. The monoisotopic (exact) mass is 264 g/mol. The average Bonchev–Trinajstić information content (AvgIpc) is 2.35. The first-order valence-electron chi connectivity index (χ1n) is 6.90. The molecule has 0 spiro atoms. The largest absolute Gasteiger partial charge is 0.497 e. The van der Waals surface area contributed by atoms with Crippen LogP contribution in [0, 0.1) is 5.41 Å². The van der Waals surface area contributed by atoms with Crippen LogP contribution in [0.25, 0.3) is 0 Å². The van der Waals surface area contributed by atoms with Gasteiger partial charge in [0, 0.05) is 12.6 Å². The highest BCUT2D eigenvalue weighted by Gasteiger charge is 2.20. The smallest absolute Gasteiger partial charge is 0.118 e. The lowest BCUT2D eigenvalue weighted by Crippen LogP contribution is -2.37. The Morgan fingerprint density at radius 1 is 1.21 bits per heavy atom. The average molecular weight is 264 g/mol. The predicted octanol–water partition coefficient (Wildman–Crippen LogP) is 2.89. The maximum absolute atomic E-state index is 6.19. The van der Waals surface area contributed by atoms with Crippen LogP contribution in [0.2, 0.25) is 0 Å². The van der Waals surface area contributed by atoms with Crippen molar-refractivity contribution in [3.8, 4) is 5.75 Å². The number of methoxy groups -OCH3 is 1. The topological polar surface area (TPSA) is 38.5 Å². The summed E-state index contributed by atoms with van der Waals surface area (Å²) in [6.45, 7) is 8.55. The third-order valence-corrected chi connectivity index (χ3v) is 3.55. The summed E-state index contributed by atoms with van der Waals surface area (Å²) < 4.78 is 5.16. The summed E-state index contributed by atoms with van der Waals surface area (Å²) >= 11 is 0. The highest BCUT2D eigenvalue weighted by Crippen LogP contribution is 2.20. The fourth-order valence-corrected chi connectivity index (χ4v) is 1.91. The molecule has 0 radical (unpaired) electrons. The predicted molar refractivity (Wildman–Crippen MR) is 81.4 cm³/mol. The van der Waals surface area contributed by atoms with E-state index in [0.29, 0.717) is 0 Å². The second-order valence-electron chi connectivity index (χ2n) is 6.35. The van der Waals surface area contributed by atoms with Gasteiger partial charge >= 0.3 is 0 Å². The van der Waals surface area contributed by atoms with Crippen molar-refractivity contribution in [3.63, 3.8) is 0 Å². The number of hydrogen-bond donors (Lipinski definition) is 1. The van der Waals surface area contributed by atoms with Gasteiger partial charge in [-0.25, -0.2) is 0 Å². The van der Waals surface area contributed by atoms with Crippen LogP contribution in [0.3, 0.4) is 0 Å². The van der Waals surface area contributed by atoms with Gasteiger partial charge in [-0.2, -0.15) is 0 Å². The van der Waals surface area contributed by atoms with Crippen molar-refractivity contribution in [3.05, 3.63) is 29.8 Å². The third kappa shape index (κ3) is 5.62. The van der Waals surface area contributed by atoms with Gasteiger partial charge in [-0.1, -0.05) is 32.9 Å². The summed E-state index contributed by atoms with van der Waals surface area (Å²) in [5.41, 5.74) is 7.67. The van der Waals surface area contributed by atoms with E-state index < -0.39 is 0 Å². The van der Waals surface area contributed by atoms with E-state index in [2.05, 4.69) is 44.9 Å². The zero-order valence-electron chi connectivity index (χ0n) is 12.9. The molecule has 0 heterocycles. The summed E-state index contributed by atoms with van der Waals surface area (Å²) in [5, 5.41) is 0. The first-order valence-corrected chi connectivity index (χ1v) is 6.90. The van der Waals surface area contributed by atoms with E-state index in [1.165, 1.54) is 5.56 Å². The quantitative estimate of drug-likeness (QED) is 0.858. The van der Waals surface area contributed by atoms with Gasteiger partial charge in [0.1, 0.15) is 5.75 Å². The first-order chi connectivity index (χ1) is 8.82. The Balaban J connectivity index is 2.40. The van der Waals surface area contributed by atoms with Gasteiger partial charge in [-0.3, -0.25) is 0 Å². The molecule has 0 aliphatic heterocycles. The van der Waals surface area contributed by atoms with Crippen molar-refractivity contribution >= 4 is 0 Å². The lowest BCUT2D eigenvalue weighted by Gasteiger charge is -2.28. The molecule has 108 valence electrons. The number of benzene rings is 1. The molecular weight excluding hydrogens is 236 g/mol. The summed E-state index contributed by atoms with van der Waals surface area (Å²) in [7, 11) is 3.83. The van der Waals surface area contributed by atoms with Crippen molar-refractivity contribution in [1.29, 1.82) is 0 Å². The lowest BCUT2D eigenvalue weighted by atomic mass is 9.85. The standard InChI is InChI=1S/C16H28N2O/c1-16(2,3)15(17)10-11-18(4)12-13-6-8-14(19-5)9-7-13/h6-9,15H,10-12,17H2,1-5H3. The first kappa shape index (κ1) is 16.0. The van der Waals surface area contributed by atoms with Gasteiger partial charge in [0.25, 0.3) is 0 Å². The molecule has 0 saturated carbocycles. The van der Waals surface area contributed by atoms with Crippen LogP contribution in [-0.4, -0.2) is 31.6 Å². The third-order valence-electron chi connectivity index (χ3n) is 3.55. The number of hydrogen-bond acceptors (Lipinski definition) is 3. The molecule has 19 heavy (non-hydrogen) atoms. The van der Waals surface area contributed by atoms with Crippen LogP contribution in [0.4, 0.5) is 0 Å². The van der Waals surface area contributed by atoms with E-state index >= 15 is 0 Å². The van der Waals surface area contributed by atoms with Crippen LogP contribution in [0.15, 0.2) is 24.3 Å². The fourth-order valence-electron chi connectivity index (χ4n) is 1.91. The molecule has 1 unspecified atom stereocenters. The Morgan fingerprint density at radius 3 is 2.26 bits per heavy atom. The number of rotatable bonds is 6. The highest BCUT2D eigenvalue weighted by atomic mass is 16.5. The summed E-state index contributed by atoms with van der Waals surface area (Å²) in [6, 6.07) is 8.47. The van der Waals surface area contributed by atoms with Gasteiger partial charge < -0.3 is 15.4 Å². The molecule has 1 aromatic rings. The van der Waals surface area contributed by atoms with Crippen molar-refractivity contribution < 1.29 is 4.74 Å². The molecule has 1 atom stereocenters. The Kier molecular flexibility index (Phi) is 5.83.